The van der Waals surface area contributed by atoms with E-state index in [1.165, 1.54) is 12.1 Å². The number of alkyl halides is 6. The molecular weight excluding hydrogens is 414 g/mol. The van der Waals surface area contributed by atoms with Crippen LogP contribution in [0.15, 0.2) is 53.4 Å². The van der Waals surface area contributed by atoms with E-state index in [1.54, 1.807) is 5.32 Å². The summed E-state index contributed by atoms with van der Waals surface area (Å²) >= 11 is 0. The maximum atomic E-state index is 13.1. The van der Waals surface area contributed by atoms with Gasteiger partial charge in [-0.05, 0) is 24.3 Å². The van der Waals surface area contributed by atoms with Gasteiger partial charge >= 0.3 is 12.4 Å². The van der Waals surface area contributed by atoms with Gasteiger partial charge in [-0.3, -0.25) is 9.52 Å². The highest BCUT2D eigenvalue weighted by Crippen LogP contribution is 2.34. The van der Waals surface area contributed by atoms with E-state index in [4.69, 9.17) is 0 Å². The van der Waals surface area contributed by atoms with Crippen LogP contribution >= 0.6 is 0 Å². The fraction of sp³-hybridized carbons (Fsp3) is 0.188. The molecule has 0 unspecified atom stereocenters. The van der Waals surface area contributed by atoms with E-state index in [2.05, 4.69) is 0 Å². The summed E-state index contributed by atoms with van der Waals surface area (Å²) in [6, 6.07) is 7.94. The molecular formula is C16H12F6N2O3S. The molecule has 0 aliphatic carbocycles. The minimum Gasteiger partial charge on any atom is -0.343 e. The second-order valence-electron chi connectivity index (χ2n) is 5.44. The van der Waals surface area contributed by atoms with Gasteiger partial charge < -0.3 is 5.32 Å². The number of hydrogen-bond acceptors (Lipinski definition) is 3. The van der Waals surface area contributed by atoms with Crippen molar-refractivity contribution in [1.82, 2.24) is 5.32 Å². The molecule has 0 fully saturated rings. The van der Waals surface area contributed by atoms with Crippen LogP contribution in [0.2, 0.25) is 0 Å². The van der Waals surface area contributed by atoms with Crippen LogP contribution in [0.1, 0.15) is 15.9 Å². The largest absolute Gasteiger partial charge is 0.417 e. The molecule has 2 aromatic rings. The lowest BCUT2D eigenvalue weighted by molar-refractivity contribution is -0.139. The van der Waals surface area contributed by atoms with Gasteiger partial charge in [-0.25, -0.2) is 8.42 Å². The number of halogens is 6. The van der Waals surface area contributed by atoms with Gasteiger partial charge in [0.1, 0.15) is 6.54 Å². The van der Waals surface area contributed by atoms with Crippen LogP contribution in [0.25, 0.3) is 0 Å². The lowest BCUT2D eigenvalue weighted by Crippen LogP contribution is -2.34. The molecule has 0 aromatic heterocycles. The molecule has 0 saturated carbocycles. The molecule has 0 bridgehead atoms. The number of carbonyl (C=O) groups excluding carboxylic acids is 1. The topological polar surface area (TPSA) is 75.3 Å². The summed E-state index contributed by atoms with van der Waals surface area (Å²) in [5.74, 6) is -1.25. The smallest absolute Gasteiger partial charge is 0.343 e. The van der Waals surface area contributed by atoms with Crippen LogP contribution in [-0.4, -0.2) is 27.0 Å². The van der Waals surface area contributed by atoms with Gasteiger partial charge in [0, 0.05) is 0 Å². The van der Waals surface area contributed by atoms with E-state index < -0.39 is 56.5 Å². The zero-order valence-electron chi connectivity index (χ0n) is 13.7. The fourth-order valence-electron chi connectivity index (χ4n) is 2.18. The second-order valence-corrected chi connectivity index (χ2v) is 7.09. The Bertz CT molecular complexity index is 971. The predicted octanol–water partition coefficient (Wildman–Crippen LogP) is 3.80. The number of benzene rings is 2. The number of carbonyl (C=O) groups is 1. The van der Waals surface area contributed by atoms with Gasteiger partial charge in [0.2, 0.25) is 0 Å². The summed E-state index contributed by atoms with van der Waals surface area (Å²) in [5, 5.41) is 1.56. The van der Waals surface area contributed by atoms with Crippen molar-refractivity contribution in [3.8, 4) is 0 Å². The monoisotopic (exact) mass is 426 g/mol. The number of rotatable bonds is 5. The summed E-state index contributed by atoms with van der Waals surface area (Å²) in [4.78, 5) is 10.8. The third-order valence-corrected chi connectivity index (χ3v) is 4.77. The van der Waals surface area contributed by atoms with Crippen molar-refractivity contribution >= 4 is 21.6 Å². The van der Waals surface area contributed by atoms with Crippen LogP contribution in [-0.2, 0) is 16.2 Å². The summed E-state index contributed by atoms with van der Waals surface area (Å²) in [6.45, 7) is -1.66. The molecule has 12 heteroatoms. The van der Waals surface area contributed by atoms with Gasteiger partial charge in [0.25, 0.3) is 15.9 Å². The van der Waals surface area contributed by atoms with Crippen molar-refractivity contribution in [2.75, 3.05) is 11.3 Å². The second kappa shape index (κ2) is 7.70. The molecule has 152 valence electrons. The van der Waals surface area contributed by atoms with Gasteiger partial charge in [0.15, 0.2) is 0 Å². The van der Waals surface area contributed by atoms with Gasteiger partial charge in [-0.2, -0.15) is 26.3 Å². The number of amides is 1. The maximum Gasteiger partial charge on any atom is 0.417 e. The number of anilines is 1. The SMILES string of the molecule is O=C(NCC(F)(F)F)c1ccccc1NS(=O)(=O)c1ccccc1C(F)(F)F. The average molecular weight is 426 g/mol. The quantitative estimate of drug-likeness (QED) is 0.715. The van der Waals surface area contributed by atoms with Crippen molar-refractivity contribution in [3.05, 3.63) is 59.7 Å². The molecule has 0 saturated heterocycles. The Morgan fingerprint density at radius 3 is 2.07 bits per heavy atom. The predicted molar refractivity (Wildman–Crippen MR) is 87.1 cm³/mol. The lowest BCUT2D eigenvalue weighted by Gasteiger charge is -2.16. The first kappa shape index (κ1) is 21.5. The van der Waals surface area contributed by atoms with Gasteiger partial charge in [0.05, 0.1) is 21.7 Å². The maximum absolute atomic E-state index is 13.1. The molecule has 0 radical (unpaired) electrons. The molecule has 2 aromatic carbocycles. The Labute approximate surface area is 155 Å². The normalized spacial score (nSPS) is 12.5. The van der Waals surface area contributed by atoms with Crippen molar-refractivity contribution in [2.24, 2.45) is 0 Å². The van der Waals surface area contributed by atoms with Crippen molar-refractivity contribution in [2.45, 2.75) is 17.2 Å². The minimum absolute atomic E-state index is 0.473. The zero-order chi connectivity index (χ0) is 21.2. The first-order valence-corrected chi connectivity index (χ1v) is 8.92. The van der Waals surface area contributed by atoms with Crippen molar-refractivity contribution < 1.29 is 39.6 Å². The van der Waals surface area contributed by atoms with E-state index in [-0.39, 0.29) is 0 Å². The molecule has 2 rings (SSSR count). The Morgan fingerprint density at radius 1 is 0.893 bits per heavy atom. The van der Waals surface area contributed by atoms with Crippen LogP contribution in [0.4, 0.5) is 32.0 Å². The highest BCUT2D eigenvalue weighted by molar-refractivity contribution is 7.92. The molecule has 0 heterocycles. The number of para-hydroxylation sites is 1. The van der Waals surface area contributed by atoms with Crippen molar-refractivity contribution in [1.29, 1.82) is 0 Å². The molecule has 0 spiro atoms. The Balaban J connectivity index is 2.38. The van der Waals surface area contributed by atoms with E-state index >= 15 is 0 Å². The summed E-state index contributed by atoms with van der Waals surface area (Å²) in [7, 11) is -4.80. The van der Waals surface area contributed by atoms with Crippen molar-refractivity contribution in [3.63, 3.8) is 0 Å². The number of sulfonamides is 1. The van der Waals surface area contributed by atoms with E-state index in [9.17, 15) is 39.6 Å². The van der Waals surface area contributed by atoms with E-state index in [1.807, 2.05) is 4.72 Å². The molecule has 2 N–H and O–H groups in total. The average Bonchev–Trinajstić information content (AvgIpc) is 2.58. The molecule has 28 heavy (non-hydrogen) atoms. The summed E-state index contributed by atoms with van der Waals surface area (Å²) in [5.41, 5.74) is -2.39. The standard InChI is InChI=1S/C16H12F6N2O3S/c17-15(18,19)9-23-14(25)10-5-1-3-7-12(10)24-28(26,27)13-8-4-2-6-11(13)16(20,21)22/h1-8,24H,9H2,(H,23,25). The zero-order valence-corrected chi connectivity index (χ0v) is 14.5. The first-order chi connectivity index (χ1) is 12.8. The van der Waals surface area contributed by atoms with Gasteiger partial charge in [-0.15, -0.1) is 0 Å². The number of hydrogen-bond donors (Lipinski definition) is 2. The third-order valence-electron chi connectivity index (χ3n) is 3.35. The Kier molecular flexibility index (Phi) is 5.92. The molecule has 5 nitrogen and oxygen atoms in total. The fourth-order valence-corrected chi connectivity index (χ4v) is 3.49. The molecule has 0 aliphatic rings. The Hall–Kier alpha value is -2.76. The molecule has 0 atom stereocenters. The summed E-state index contributed by atoms with van der Waals surface area (Å²) in [6.07, 6.45) is -9.66. The van der Waals surface area contributed by atoms with E-state index in [0.717, 1.165) is 30.3 Å². The van der Waals surface area contributed by atoms with Crippen LogP contribution in [0, 0.1) is 0 Å². The van der Waals surface area contributed by atoms with Crippen LogP contribution in [0.5, 0.6) is 0 Å². The van der Waals surface area contributed by atoms with Crippen LogP contribution < -0.4 is 10.0 Å². The highest BCUT2D eigenvalue weighted by Gasteiger charge is 2.37. The summed E-state index contributed by atoms with van der Waals surface area (Å²) < 4.78 is 103. The molecule has 0 aliphatic heterocycles. The lowest BCUT2D eigenvalue weighted by atomic mass is 10.1. The van der Waals surface area contributed by atoms with Crippen LogP contribution in [0.3, 0.4) is 0 Å². The third kappa shape index (κ3) is 5.38. The highest BCUT2D eigenvalue weighted by atomic mass is 32.2. The molecule has 1 amide bonds. The Morgan fingerprint density at radius 2 is 1.46 bits per heavy atom. The first-order valence-electron chi connectivity index (χ1n) is 7.44. The number of nitrogens with one attached hydrogen (secondary N) is 2. The van der Waals surface area contributed by atoms with Gasteiger partial charge in [-0.1, -0.05) is 24.3 Å². The van der Waals surface area contributed by atoms with E-state index in [0.29, 0.717) is 6.07 Å². The minimum atomic E-state index is -4.96.